The Morgan fingerprint density at radius 3 is 2.13 bits per heavy atom. The number of hydrogen-bond acceptors (Lipinski definition) is 5. The molecule has 0 saturated heterocycles. The zero-order valence-corrected chi connectivity index (χ0v) is 9.03. The zero-order valence-electron chi connectivity index (χ0n) is 9.03. The van der Waals surface area contributed by atoms with Crippen molar-refractivity contribution in [3.8, 4) is 0 Å². The summed E-state index contributed by atoms with van der Waals surface area (Å²) in [7, 11) is 0. The molecule has 0 rings (SSSR count). The van der Waals surface area contributed by atoms with Crippen LogP contribution in [0.1, 0.15) is 20.8 Å². The van der Waals surface area contributed by atoms with Gasteiger partial charge in [-0.25, -0.2) is 4.79 Å². The van der Waals surface area contributed by atoms with Crippen molar-refractivity contribution in [1.29, 1.82) is 0 Å². The molecule has 0 spiro atoms. The van der Waals surface area contributed by atoms with Gasteiger partial charge >= 0.3 is 11.9 Å². The molecule has 0 radical (unpaired) electrons. The van der Waals surface area contributed by atoms with Crippen LogP contribution < -0.4 is 0 Å². The summed E-state index contributed by atoms with van der Waals surface area (Å²) in [6.07, 6.45) is 1.10. The van der Waals surface area contributed by atoms with Gasteiger partial charge in [0.2, 0.25) is 0 Å². The van der Waals surface area contributed by atoms with E-state index in [1.807, 2.05) is 0 Å². The van der Waals surface area contributed by atoms with E-state index >= 15 is 0 Å². The van der Waals surface area contributed by atoms with Crippen LogP contribution in [0.25, 0.3) is 0 Å². The third kappa shape index (κ3) is 6.42. The lowest BCUT2D eigenvalue weighted by atomic mass is 10.2. The first-order valence-corrected chi connectivity index (χ1v) is 4.49. The predicted molar refractivity (Wildman–Crippen MR) is 52.0 cm³/mol. The monoisotopic (exact) mass is 214 g/mol. The summed E-state index contributed by atoms with van der Waals surface area (Å²) in [5, 5.41) is 0. The average Bonchev–Trinajstić information content (AvgIpc) is 2.11. The molecule has 0 amide bonds. The van der Waals surface area contributed by atoms with Gasteiger partial charge in [-0.05, 0) is 19.9 Å². The highest BCUT2D eigenvalue weighted by molar-refractivity contribution is 5.98. The van der Waals surface area contributed by atoms with Gasteiger partial charge in [0.25, 0.3) is 0 Å². The summed E-state index contributed by atoms with van der Waals surface area (Å²) in [5.41, 5.74) is 0.0413. The van der Waals surface area contributed by atoms with Crippen LogP contribution in [0.4, 0.5) is 0 Å². The lowest BCUT2D eigenvalue weighted by molar-refractivity contribution is -0.143. The maximum Gasteiger partial charge on any atom is 0.337 e. The minimum absolute atomic E-state index is 0.0413. The van der Waals surface area contributed by atoms with E-state index in [1.54, 1.807) is 6.92 Å². The van der Waals surface area contributed by atoms with Crippen LogP contribution >= 0.6 is 0 Å². The highest BCUT2D eigenvalue weighted by atomic mass is 16.5. The smallest absolute Gasteiger partial charge is 0.337 e. The molecule has 0 aromatic carbocycles. The topological polar surface area (TPSA) is 69.7 Å². The maximum atomic E-state index is 11.3. The second-order valence-corrected chi connectivity index (χ2v) is 2.78. The van der Waals surface area contributed by atoms with Crippen molar-refractivity contribution in [3.05, 3.63) is 11.6 Å². The minimum Gasteiger partial charge on any atom is -0.463 e. The van der Waals surface area contributed by atoms with Crippen molar-refractivity contribution < 1.29 is 23.9 Å². The normalized spacial score (nSPS) is 10.7. The molecule has 0 aliphatic heterocycles. The van der Waals surface area contributed by atoms with Gasteiger partial charge in [-0.3, -0.25) is 9.59 Å². The summed E-state index contributed by atoms with van der Waals surface area (Å²) in [6, 6.07) is 0. The molecule has 0 N–H and O–H groups in total. The summed E-state index contributed by atoms with van der Waals surface area (Å²) in [5.74, 6) is -1.46. The lowest BCUT2D eigenvalue weighted by Gasteiger charge is -2.06. The van der Waals surface area contributed by atoms with E-state index in [4.69, 9.17) is 0 Å². The van der Waals surface area contributed by atoms with Crippen LogP contribution in [0.2, 0.25) is 0 Å². The number of ether oxygens (including phenoxy) is 2. The van der Waals surface area contributed by atoms with Gasteiger partial charge in [-0.15, -0.1) is 0 Å². The lowest BCUT2D eigenvalue weighted by Crippen LogP contribution is -2.15. The van der Waals surface area contributed by atoms with Crippen molar-refractivity contribution in [2.45, 2.75) is 20.8 Å². The van der Waals surface area contributed by atoms with Gasteiger partial charge < -0.3 is 9.47 Å². The number of ketones is 1. The average molecular weight is 214 g/mol. The molecule has 15 heavy (non-hydrogen) atoms. The summed E-state index contributed by atoms with van der Waals surface area (Å²) in [4.78, 5) is 32.6. The molecule has 0 aromatic rings. The number of hydrogen-bond donors (Lipinski definition) is 0. The second-order valence-electron chi connectivity index (χ2n) is 2.78. The van der Waals surface area contributed by atoms with E-state index in [1.165, 1.54) is 13.8 Å². The Morgan fingerprint density at radius 1 is 1.13 bits per heavy atom. The van der Waals surface area contributed by atoms with E-state index in [-0.39, 0.29) is 24.6 Å². The van der Waals surface area contributed by atoms with Crippen LogP contribution in [0.5, 0.6) is 0 Å². The molecular formula is C10H14O5. The van der Waals surface area contributed by atoms with Gasteiger partial charge in [-0.1, -0.05) is 0 Å². The molecular weight excluding hydrogens is 200 g/mol. The molecule has 0 aromatic heterocycles. The Kier molecular flexibility index (Phi) is 6.01. The molecule has 5 heteroatoms. The second kappa shape index (κ2) is 6.75. The molecule has 0 aliphatic rings. The van der Waals surface area contributed by atoms with Crippen molar-refractivity contribution >= 4 is 17.7 Å². The van der Waals surface area contributed by atoms with Gasteiger partial charge in [0.15, 0.2) is 5.78 Å². The first-order chi connectivity index (χ1) is 6.97. The van der Waals surface area contributed by atoms with Crippen LogP contribution in [0, 0.1) is 0 Å². The van der Waals surface area contributed by atoms with E-state index in [0.29, 0.717) is 0 Å². The van der Waals surface area contributed by atoms with Gasteiger partial charge in [0.1, 0.15) is 6.61 Å². The SMILES string of the molecule is CCOC(=O)C(=CC(C)=O)COC(C)=O. The van der Waals surface area contributed by atoms with Crippen LogP contribution in [0.3, 0.4) is 0 Å². The van der Waals surface area contributed by atoms with E-state index < -0.39 is 11.9 Å². The van der Waals surface area contributed by atoms with Crippen LogP contribution in [-0.4, -0.2) is 30.9 Å². The summed E-state index contributed by atoms with van der Waals surface area (Å²) in [6.45, 7) is 4.13. The molecule has 0 fully saturated rings. The molecule has 0 bridgehead atoms. The number of allylic oxidation sites excluding steroid dienone is 1. The first kappa shape index (κ1) is 13.4. The number of esters is 2. The molecule has 0 aliphatic carbocycles. The quantitative estimate of drug-likeness (QED) is 0.496. The van der Waals surface area contributed by atoms with Gasteiger partial charge in [-0.2, -0.15) is 0 Å². The van der Waals surface area contributed by atoms with E-state index in [2.05, 4.69) is 9.47 Å². The number of carbonyl (C=O) groups excluding carboxylic acids is 3. The summed E-state index contributed by atoms with van der Waals surface area (Å²) >= 11 is 0. The Morgan fingerprint density at radius 2 is 1.73 bits per heavy atom. The highest BCUT2D eigenvalue weighted by Crippen LogP contribution is 2.00. The molecule has 5 nitrogen and oxygen atoms in total. The fourth-order valence-electron chi connectivity index (χ4n) is 0.808. The van der Waals surface area contributed by atoms with Gasteiger partial charge in [0.05, 0.1) is 12.2 Å². The fourth-order valence-corrected chi connectivity index (χ4v) is 0.808. The zero-order chi connectivity index (χ0) is 11.8. The molecule has 84 valence electrons. The van der Waals surface area contributed by atoms with Crippen molar-refractivity contribution in [2.75, 3.05) is 13.2 Å². The Labute approximate surface area is 88.0 Å². The maximum absolute atomic E-state index is 11.3. The summed E-state index contributed by atoms with van der Waals surface area (Å²) < 4.78 is 9.30. The predicted octanol–water partition coefficient (Wildman–Crippen LogP) is 0.628. The first-order valence-electron chi connectivity index (χ1n) is 4.49. The largest absolute Gasteiger partial charge is 0.463 e. The van der Waals surface area contributed by atoms with Gasteiger partial charge in [0, 0.05) is 6.92 Å². The molecule has 0 unspecified atom stereocenters. The van der Waals surface area contributed by atoms with E-state index in [9.17, 15) is 14.4 Å². The third-order valence-electron chi connectivity index (χ3n) is 1.35. The Balaban J connectivity index is 4.51. The van der Waals surface area contributed by atoms with Crippen molar-refractivity contribution in [1.82, 2.24) is 0 Å². The van der Waals surface area contributed by atoms with E-state index in [0.717, 1.165) is 6.08 Å². The molecule has 0 heterocycles. The molecule has 0 saturated carbocycles. The third-order valence-corrected chi connectivity index (χ3v) is 1.35. The highest BCUT2D eigenvalue weighted by Gasteiger charge is 2.12. The van der Waals surface area contributed by atoms with Crippen molar-refractivity contribution in [2.24, 2.45) is 0 Å². The van der Waals surface area contributed by atoms with Crippen molar-refractivity contribution in [3.63, 3.8) is 0 Å². The fraction of sp³-hybridized carbons (Fsp3) is 0.500. The number of carbonyl (C=O) groups is 3. The van der Waals surface area contributed by atoms with Crippen LogP contribution in [-0.2, 0) is 23.9 Å². The minimum atomic E-state index is -0.644. The number of rotatable bonds is 5. The standard InChI is InChI=1S/C10H14O5/c1-4-14-10(13)9(5-7(2)11)6-15-8(3)12/h5H,4,6H2,1-3H3. The van der Waals surface area contributed by atoms with Crippen LogP contribution in [0.15, 0.2) is 11.6 Å². The molecule has 0 atom stereocenters. The Bertz CT molecular complexity index is 290. The Hall–Kier alpha value is -1.65.